The zero-order valence-electron chi connectivity index (χ0n) is 11.3. The van der Waals surface area contributed by atoms with Gasteiger partial charge in [0.05, 0.1) is 11.8 Å². The number of fused-ring (bicyclic) bond motifs is 2. The van der Waals surface area contributed by atoms with Crippen molar-refractivity contribution in [2.45, 2.75) is 38.6 Å². The van der Waals surface area contributed by atoms with E-state index in [2.05, 4.69) is 13.0 Å². The molecule has 0 radical (unpaired) electrons. The third-order valence-corrected chi connectivity index (χ3v) is 4.76. The van der Waals surface area contributed by atoms with Crippen LogP contribution in [0.1, 0.15) is 32.6 Å². The van der Waals surface area contributed by atoms with Crippen LogP contribution < -0.4 is 0 Å². The van der Waals surface area contributed by atoms with Gasteiger partial charge in [0.1, 0.15) is 0 Å². The van der Waals surface area contributed by atoms with Crippen LogP contribution in [0.15, 0.2) is 12.2 Å². The highest BCUT2D eigenvalue weighted by atomic mass is 16.4. The lowest BCUT2D eigenvalue weighted by molar-refractivity contribution is -0.151. The Hall–Kier alpha value is -1.32. The van der Waals surface area contributed by atoms with Gasteiger partial charge in [-0.15, -0.1) is 0 Å². The first-order valence-corrected chi connectivity index (χ1v) is 7.35. The highest BCUT2D eigenvalue weighted by Gasteiger charge is 2.53. The number of nitrogens with zero attached hydrogens (tertiary/aromatic N) is 1. The lowest BCUT2D eigenvalue weighted by Crippen LogP contribution is -2.44. The van der Waals surface area contributed by atoms with Crippen molar-refractivity contribution in [2.75, 3.05) is 6.54 Å². The van der Waals surface area contributed by atoms with E-state index in [1.807, 2.05) is 11.0 Å². The Morgan fingerprint density at radius 1 is 1.21 bits per heavy atom. The number of carboxylic acids is 1. The molecule has 104 valence electrons. The molecule has 3 aliphatic rings. The Morgan fingerprint density at radius 2 is 1.84 bits per heavy atom. The van der Waals surface area contributed by atoms with Gasteiger partial charge in [0.15, 0.2) is 0 Å². The molecular formula is C15H21NO3. The predicted octanol–water partition coefficient (Wildman–Crippen LogP) is 1.91. The minimum absolute atomic E-state index is 0.0686. The molecule has 0 aromatic carbocycles. The van der Waals surface area contributed by atoms with Gasteiger partial charge in [0, 0.05) is 12.6 Å². The third-order valence-electron chi connectivity index (χ3n) is 4.76. The zero-order valence-corrected chi connectivity index (χ0v) is 11.3. The van der Waals surface area contributed by atoms with E-state index in [1.165, 1.54) is 0 Å². The normalized spacial score (nSPS) is 35.6. The van der Waals surface area contributed by atoms with Crippen LogP contribution in [0.5, 0.6) is 0 Å². The van der Waals surface area contributed by atoms with Gasteiger partial charge in [-0.1, -0.05) is 19.1 Å². The number of rotatable bonds is 5. The second-order valence-corrected chi connectivity index (χ2v) is 6.10. The molecule has 0 spiro atoms. The van der Waals surface area contributed by atoms with Gasteiger partial charge in [-0.25, -0.2) is 0 Å². The van der Waals surface area contributed by atoms with Gasteiger partial charge in [0.25, 0.3) is 0 Å². The highest BCUT2D eigenvalue weighted by Crippen LogP contribution is 2.49. The van der Waals surface area contributed by atoms with Crippen LogP contribution in [0.2, 0.25) is 0 Å². The molecule has 0 heterocycles. The Balaban J connectivity index is 1.81. The number of allylic oxidation sites excluding steroid dienone is 2. The van der Waals surface area contributed by atoms with Crippen molar-refractivity contribution in [1.82, 2.24) is 4.90 Å². The Morgan fingerprint density at radius 3 is 2.37 bits per heavy atom. The first-order valence-electron chi connectivity index (χ1n) is 7.35. The number of carboxylic acid groups (broad SMARTS) is 1. The van der Waals surface area contributed by atoms with Crippen molar-refractivity contribution in [3.05, 3.63) is 12.2 Å². The fourth-order valence-electron chi connectivity index (χ4n) is 3.79. The second-order valence-electron chi connectivity index (χ2n) is 6.10. The lowest BCUT2D eigenvalue weighted by atomic mass is 9.82. The maximum Gasteiger partial charge on any atom is 0.307 e. The average molecular weight is 263 g/mol. The molecule has 0 aromatic heterocycles. The Labute approximate surface area is 113 Å². The number of carbonyl (C=O) groups excluding carboxylic acids is 1. The van der Waals surface area contributed by atoms with E-state index in [4.69, 9.17) is 0 Å². The van der Waals surface area contributed by atoms with Crippen LogP contribution in [-0.4, -0.2) is 34.5 Å². The van der Waals surface area contributed by atoms with Crippen LogP contribution in [0.4, 0.5) is 0 Å². The van der Waals surface area contributed by atoms with E-state index in [9.17, 15) is 14.7 Å². The molecule has 3 rings (SSSR count). The minimum atomic E-state index is -0.803. The molecule has 3 aliphatic carbocycles. The Bertz CT molecular complexity index is 427. The largest absolute Gasteiger partial charge is 0.481 e. The van der Waals surface area contributed by atoms with Crippen LogP contribution in [0.25, 0.3) is 0 Å². The van der Waals surface area contributed by atoms with Crippen molar-refractivity contribution >= 4 is 11.9 Å². The summed E-state index contributed by atoms with van der Waals surface area (Å²) in [4.78, 5) is 26.2. The molecule has 1 N–H and O–H groups in total. The summed E-state index contributed by atoms with van der Waals surface area (Å²) in [5.41, 5.74) is 0. The molecule has 0 aliphatic heterocycles. The van der Waals surface area contributed by atoms with E-state index in [-0.39, 0.29) is 23.7 Å². The summed E-state index contributed by atoms with van der Waals surface area (Å²) >= 11 is 0. The van der Waals surface area contributed by atoms with Gasteiger partial charge in [-0.05, 0) is 37.5 Å². The van der Waals surface area contributed by atoms with Crippen molar-refractivity contribution in [3.63, 3.8) is 0 Å². The first-order chi connectivity index (χ1) is 9.13. The monoisotopic (exact) mass is 263 g/mol. The molecular weight excluding hydrogens is 242 g/mol. The molecule has 1 amide bonds. The number of carbonyl (C=O) groups is 2. The van der Waals surface area contributed by atoms with Gasteiger partial charge in [-0.3, -0.25) is 9.59 Å². The molecule has 2 saturated carbocycles. The van der Waals surface area contributed by atoms with Crippen LogP contribution in [0, 0.1) is 23.7 Å². The van der Waals surface area contributed by atoms with Crippen molar-refractivity contribution in [3.8, 4) is 0 Å². The fourth-order valence-corrected chi connectivity index (χ4v) is 3.79. The molecule has 19 heavy (non-hydrogen) atoms. The van der Waals surface area contributed by atoms with E-state index in [0.29, 0.717) is 6.04 Å². The topological polar surface area (TPSA) is 57.6 Å². The van der Waals surface area contributed by atoms with E-state index in [0.717, 1.165) is 32.2 Å². The second kappa shape index (κ2) is 4.66. The standard InChI is InChI=1S/C15H21NO3/c1-2-7-16(11-5-6-11)14(17)12-9-3-4-10(8-9)13(12)15(18)19/h3-4,9-13H,2,5-8H2,1H3,(H,18,19)/t9?,10?,12-,13+/m0/s1. The molecule has 0 saturated heterocycles. The van der Waals surface area contributed by atoms with Crippen molar-refractivity contribution in [2.24, 2.45) is 23.7 Å². The summed E-state index contributed by atoms with van der Waals surface area (Å²) in [6, 6.07) is 0.380. The van der Waals surface area contributed by atoms with Gasteiger partial charge >= 0.3 is 5.97 Å². The van der Waals surface area contributed by atoms with Gasteiger partial charge < -0.3 is 10.0 Å². The van der Waals surface area contributed by atoms with Crippen LogP contribution >= 0.6 is 0 Å². The number of hydrogen-bond acceptors (Lipinski definition) is 2. The molecule has 0 aromatic rings. The summed E-state index contributed by atoms with van der Waals surface area (Å²) in [5.74, 6) is -1.31. The molecule has 2 fully saturated rings. The van der Waals surface area contributed by atoms with Crippen molar-refractivity contribution < 1.29 is 14.7 Å². The fraction of sp³-hybridized carbons (Fsp3) is 0.733. The number of hydrogen-bond donors (Lipinski definition) is 1. The first kappa shape index (κ1) is 12.7. The van der Waals surface area contributed by atoms with Crippen LogP contribution in [-0.2, 0) is 9.59 Å². The molecule has 2 bridgehead atoms. The maximum absolute atomic E-state index is 12.8. The van der Waals surface area contributed by atoms with E-state index < -0.39 is 11.9 Å². The van der Waals surface area contributed by atoms with Gasteiger partial charge in [0.2, 0.25) is 5.91 Å². The lowest BCUT2D eigenvalue weighted by Gasteiger charge is -2.31. The highest BCUT2D eigenvalue weighted by molar-refractivity contribution is 5.87. The van der Waals surface area contributed by atoms with Crippen LogP contribution in [0.3, 0.4) is 0 Å². The SMILES string of the molecule is CCCN(C(=O)[C@H]1C2C=CC(C2)[C@H]1C(=O)O)C1CC1. The molecule has 4 nitrogen and oxygen atoms in total. The summed E-state index contributed by atoms with van der Waals surface area (Å²) in [6.45, 7) is 2.84. The Kier molecular flexibility index (Phi) is 3.11. The summed E-state index contributed by atoms with van der Waals surface area (Å²) in [7, 11) is 0. The summed E-state index contributed by atoms with van der Waals surface area (Å²) < 4.78 is 0. The van der Waals surface area contributed by atoms with E-state index >= 15 is 0 Å². The van der Waals surface area contributed by atoms with Gasteiger partial charge in [-0.2, -0.15) is 0 Å². The predicted molar refractivity (Wildman–Crippen MR) is 70.4 cm³/mol. The van der Waals surface area contributed by atoms with Crippen molar-refractivity contribution in [1.29, 1.82) is 0 Å². The molecule has 2 unspecified atom stereocenters. The average Bonchev–Trinajstić information content (AvgIpc) is 3.01. The minimum Gasteiger partial charge on any atom is -0.481 e. The summed E-state index contributed by atoms with van der Waals surface area (Å²) in [6.07, 6.45) is 8.01. The molecule has 4 heteroatoms. The smallest absolute Gasteiger partial charge is 0.307 e. The van der Waals surface area contributed by atoms with E-state index in [1.54, 1.807) is 0 Å². The zero-order chi connectivity index (χ0) is 13.6. The maximum atomic E-state index is 12.8. The third kappa shape index (κ3) is 2.07. The number of aliphatic carboxylic acids is 1. The summed E-state index contributed by atoms with van der Waals surface area (Å²) in [5, 5.41) is 9.42. The molecule has 4 atom stereocenters. The number of amides is 1. The quantitative estimate of drug-likeness (QED) is 0.771.